The third-order valence-electron chi connectivity index (χ3n) is 4.26. The van der Waals surface area contributed by atoms with Gasteiger partial charge in [-0.05, 0) is 25.8 Å². The summed E-state index contributed by atoms with van der Waals surface area (Å²) in [6.45, 7) is 6.54. The number of carbonyl (C=O) groups is 2. The highest BCUT2D eigenvalue weighted by Gasteiger charge is 2.17. The molecule has 2 aromatic rings. The van der Waals surface area contributed by atoms with Crippen molar-refractivity contribution in [3.8, 4) is 0 Å². The van der Waals surface area contributed by atoms with Crippen LogP contribution in [0.3, 0.4) is 0 Å². The highest BCUT2D eigenvalue weighted by molar-refractivity contribution is 7.99. The Bertz CT molecular complexity index is 902. The van der Waals surface area contributed by atoms with Crippen molar-refractivity contribution in [3.63, 3.8) is 0 Å². The second kappa shape index (κ2) is 9.36. The SMILES string of the molecule is CCCCn1c(SCC(=O)NCC(=O)N(C)C)nc2sc(C)c(C)c2c1=O. The van der Waals surface area contributed by atoms with E-state index in [-0.39, 0.29) is 29.7 Å². The maximum Gasteiger partial charge on any atom is 0.263 e. The zero-order valence-corrected chi connectivity index (χ0v) is 18.1. The lowest BCUT2D eigenvalue weighted by Crippen LogP contribution is -2.37. The molecule has 7 nitrogen and oxygen atoms in total. The molecular weight excluding hydrogens is 384 g/mol. The molecule has 0 unspecified atom stereocenters. The van der Waals surface area contributed by atoms with Crippen LogP contribution in [0.15, 0.2) is 9.95 Å². The molecule has 0 bridgehead atoms. The van der Waals surface area contributed by atoms with Crippen LogP contribution in [-0.2, 0) is 16.1 Å². The number of amides is 2. The first kappa shape index (κ1) is 21.4. The third-order valence-corrected chi connectivity index (χ3v) is 6.33. The highest BCUT2D eigenvalue weighted by atomic mass is 32.2. The third kappa shape index (κ3) is 5.10. The first-order chi connectivity index (χ1) is 12.8. The molecule has 0 atom stereocenters. The van der Waals surface area contributed by atoms with Gasteiger partial charge in [-0.15, -0.1) is 11.3 Å². The van der Waals surface area contributed by atoms with E-state index in [4.69, 9.17) is 0 Å². The topological polar surface area (TPSA) is 84.3 Å². The molecule has 1 N–H and O–H groups in total. The molecule has 0 fully saturated rings. The Morgan fingerprint density at radius 3 is 2.63 bits per heavy atom. The number of unbranched alkanes of at least 4 members (excludes halogenated alkanes) is 1. The number of hydrogen-bond donors (Lipinski definition) is 1. The number of rotatable bonds is 8. The lowest BCUT2D eigenvalue weighted by atomic mass is 10.2. The maximum absolute atomic E-state index is 13.0. The van der Waals surface area contributed by atoms with Gasteiger partial charge in [0.1, 0.15) is 4.83 Å². The van der Waals surface area contributed by atoms with Crippen molar-refractivity contribution in [1.29, 1.82) is 0 Å². The molecule has 27 heavy (non-hydrogen) atoms. The predicted molar refractivity (Wildman–Crippen MR) is 111 cm³/mol. The number of hydrogen-bond acceptors (Lipinski definition) is 6. The normalized spacial score (nSPS) is 11.0. The summed E-state index contributed by atoms with van der Waals surface area (Å²) in [4.78, 5) is 44.5. The number of aryl methyl sites for hydroxylation is 2. The number of likely N-dealkylation sites (N-methyl/N-ethyl adjacent to an activating group) is 1. The Labute approximate surface area is 167 Å². The number of thiophene rings is 1. The molecule has 0 aromatic carbocycles. The van der Waals surface area contributed by atoms with Gasteiger partial charge in [0.2, 0.25) is 11.8 Å². The summed E-state index contributed by atoms with van der Waals surface area (Å²) in [5.41, 5.74) is 0.940. The van der Waals surface area contributed by atoms with Gasteiger partial charge in [0.15, 0.2) is 5.16 Å². The predicted octanol–water partition coefficient (Wildman–Crippen LogP) is 2.17. The summed E-state index contributed by atoms with van der Waals surface area (Å²) >= 11 is 2.73. The second-order valence-electron chi connectivity index (χ2n) is 6.52. The van der Waals surface area contributed by atoms with Crippen molar-refractivity contribution >= 4 is 45.1 Å². The summed E-state index contributed by atoms with van der Waals surface area (Å²) in [5.74, 6) is -0.323. The fraction of sp³-hybridized carbons (Fsp3) is 0.556. The largest absolute Gasteiger partial charge is 0.347 e. The molecule has 0 aliphatic rings. The van der Waals surface area contributed by atoms with Gasteiger partial charge in [-0.1, -0.05) is 25.1 Å². The Kier molecular flexibility index (Phi) is 7.43. The standard InChI is InChI=1S/C18H26N4O3S2/c1-6-7-8-22-17(25)15-11(2)12(3)27-16(15)20-18(22)26-10-13(23)19-9-14(24)21(4)5/h6-10H2,1-5H3,(H,19,23). The van der Waals surface area contributed by atoms with E-state index >= 15 is 0 Å². The minimum atomic E-state index is -0.259. The molecule has 2 heterocycles. The maximum atomic E-state index is 13.0. The van der Waals surface area contributed by atoms with Crippen LogP contribution >= 0.6 is 23.1 Å². The van der Waals surface area contributed by atoms with Crippen LogP contribution < -0.4 is 10.9 Å². The lowest BCUT2D eigenvalue weighted by Gasteiger charge is -2.13. The molecule has 2 amide bonds. The number of nitrogens with one attached hydrogen (secondary N) is 1. The van der Waals surface area contributed by atoms with E-state index in [0.29, 0.717) is 21.9 Å². The summed E-state index contributed by atoms with van der Waals surface area (Å²) in [7, 11) is 3.28. The fourth-order valence-electron chi connectivity index (χ4n) is 2.45. The summed E-state index contributed by atoms with van der Waals surface area (Å²) in [6.07, 6.45) is 1.83. The Balaban J connectivity index is 2.22. The van der Waals surface area contributed by atoms with E-state index in [1.54, 1.807) is 18.7 Å². The smallest absolute Gasteiger partial charge is 0.263 e. The van der Waals surface area contributed by atoms with Crippen LogP contribution in [-0.4, -0.2) is 52.7 Å². The van der Waals surface area contributed by atoms with Crippen molar-refractivity contribution in [1.82, 2.24) is 19.8 Å². The van der Waals surface area contributed by atoms with E-state index in [0.717, 1.165) is 23.3 Å². The molecule has 2 aromatic heterocycles. The van der Waals surface area contributed by atoms with Crippen LogP contribution in [0.4, 0.5) is 0 Å². The Morgan fingerprint density at radius 2 is 2.00 bits per heavy atom. The van der Waals surface area contributed by atoms with E-state index in [2.05, 4.69) is 17.2 Å². The molecule has 0 saturated heterocycles. The minimum absolute atomic E-state index is 0.0369. The molecule has 0 aliphatic heterocycles. The zero-order chi connectivity index (χ0) is 20.1. The van der Waals surface area contributed by atoms with Gasteiger partial charge in [-0.25, -0.2) is 4.98 Å². The van der Waals surface area contributed by atoms with Crippen LogP contribution in [0.25, 0.3) is 10.2 Å². The summed E-state index contributed by atoms with van der Waals surface area (Å²) in [5, 5.41) is 3.83. The summed E-state index contributed by atoms with van der Waals surface area (Å²) in [6, 6.07) is 0. The first-order valence-electron chi connectivity index (χ1n) is 8.86. The van der Waals surface area contributed by atoms with E-state index < -0.39 is 0 Å². The minimum Gasteiger partial charge on any atom is -0.347 e. The number of aromatic nitrogens is 2. The summed E-state index contributed by atoms with van der Waals surface area (Å²) < 4.78 is 1.67. The Morgan fingerprint density at radius 1 is 1.30 bits per heavy atom. The second-order valence-corrected chi connectivity index (χ2v) is 8.67. The molecule has 9 heteroatoms. The van der Waals surface area contributed by atoms with Gasteiger partial charge in [-0.2, -0.15) is 0 Å². The highest BCUT2D eigenvalue weighted by Crippen LogP contribution is 2.28. The van der Waals surface area contributed by atoms with Crippen LogP contribution in [0, 0.1) is 13.8 Å². The zero-order valence-electron chi connectivity index (χ0n) is 16.4. The van der Waals surface area contributed by atoms with E-state index in [1.165, 1.54) is 28.0 Å². The quantitative estimate of drug-likeness (QED) is 0.533. The molecule has 0 radical (unpaired) electrons. The van der Waals surface area contributed by atoms with Crippen molar-refractivity contribution in [2.75, 3.05) is 26.4 Å². The van der Waals surface area contributed by atoms with Crippen molar-refractivity contribution in [2.45, 2.75) is 45.3 Å². The monoisotopic (exact) mass is 410 g/mol. The molecule has 0 aliphatic carbocycles. The van der Waals surface area contributed by atoms with Gasteiger partial charge < -0.3 is 10.2 Å². The van der Waals surface area contributed by atoms with Crippen LogP contribution in [0.2, 0.25) is 0 Å². The van der Waals surface area contributed by atoms with Crippen molar-refractivity contribution < 1.29 is 9.59 Å². The lowest BCUT2D eigenvalue weighted by molar-refractivity contribution is -0.130. The van der Waals surface area contributed by atoms with Gasteiger partial charge in [0.05, 0.1) is 17.7 Å². The van der Waals surface area contributed by atoms with Gasteiger partial charge in [0, 0.05) is 25.5 Å². The number of fused-ring (bicyclic) bond motifs is 1. The average Bonchev–Trinajstić information content (AvgIpc) is 2.91. The van der Waals surface area contributed by atoms with Gasteiger partial charge in [-0.3, -0.25) is 19.0 Å². The van der Waals surface area contributed by atoms with E-state index in [1.807, 2.05) is 13.8 Å². The molecular formula is C18H26N4O3S2. The van der Waals surface area contributed by atoms with Gasteiger partial charge >= 0.3 is 0 Å². The van der Waals surface area contributed by atoms with Crippen LogP contribution in [0.1, 0.15) is 30.2 Å². The number of carbonyl (C=O) groups excluding carboxylic acids is 2. The number of nitrogens with zero attached hydrogens (tertiary/aromatic N) is 3. The molecule has 0 saturated carbocycles. The van der Waals surface area contributed by atoms with Crippen molar-refractivity contribution in [2.24, 2.45) is 0 Å². The van der Waals surface area contributed by atoms with Crippen molar-refractivity contribution in [3.05, 3.63) is 20.8 Å². The molecule has 0 spiro atoms. The van der Waals surface area contributed by atoms with Crippen LogP contribution in [0.5, 0.6) is 0 Å². The fourth-order valence-corrected chi connectivity index (χ4v) is 4.37. The average molecular weight is 411 g/mol. The van der Waals surface area contributed by atoms with E-state index in [9.17, 15) is 14.4 Å². The Hall–Kier alpha value is -1.87. The first-order valence-corrected chi connectivity index (χ1v) is 10.7. The molecule has 2 rings (SSSR count). The molecule has 148 valence electrons. The number of thioether (sulfide) groups is 1. The van der Waals surface area contributed by atoms with Gasteiger partial charge in [0.25, 0.3) is 5.56 Å².